The monoisotopic (exact) mass is 518 g/mol. The van der Waals surface area contributed by atoms with E-state index >= 15 is 0 Å². The fraction of sp³-hybridized carbons (Fsp3) is 0.722. The molecule has 0 amide bonds. The normalized spacial score (nSPS) is 19.6. The quantitative estimate of drug-likeness (QED) is 0.325. The Morgan fingerprint density at radius 2 is 2.15 bits per heavy atom. The zero-order valence-corrected chi connectivity index (χ0v) is 19.3. The van der Waals surface area contributed by atoms with Gasteiger partial charge in [-0.25, -0.2) is 0 Å². The highest BCUT2D eigenvalue weighted by molar-refractivity contribution is 14.0. The van der Waals surface area contributed by atoms with E-state index in [-0.39, 0.29) is 35.9 Å². The molecule has 1 fully saturated rings. The predicted octanol–water partition coefficient (Wildman–Crippen LogP) is 4.04. The third-order valence-corrected chi connectivity index (χ3v) is 5.33. The van der Waals surface area contributed by atoms with Gasteiger partial charge in [-0.05, 0) is 51.8 Å². The van der Waals surface area contributed by atoms with E-state index in [1.54, 1.807) is 11.3 Å². The molecule has 2 unspecified atom stereocenters. The lowest BCUT2D eigenvalue weighted by Gasteiger charge is -2.19. The summed E-state index contributed by atoms with van der Waals surface area (Å²) in [4.78, 5) is 8.71. The van der Waals surface area contributed by atoms with Gasteiger partial charge in [0.1, 0.15) is 0 Å². The number of halogens is 4. The van der Waals surface area contributed by atoms with E-state index in [0.29, 0.717) is 19.6 Å². The zero-order chi connectivity index (χ0) is 19.2. The number of rotatable bonds is 7. The molecule has 1 saturated heterocycles. The van der Waals surface area contributed by atoms with E-state index in [2.05, 4.69) is 41.6 Å². The minimum atomic E-state index is -4.12. The van der Waals surface area contributed by atoms with Crippen molar-refractivity contribution >= 4 is 41.3 Å². The number of hydrogen-bond donors (Lipinski definition) is 2. The lowest BCUT2D eigenvalue weighted by Crippen LogP contribution is -2.43. The highest BCUT2D eigenvalue weighted by Gasteiger charge is 2.34. The molecule has 2 heterocycles. The van der Waals surface area contributed by atoms with Crippen molar-refractivity contribution in [3.8, 4) is 0 Å². The van der Waals surface area contributed by atoms with Crippen LogP contribution in [0.1, 0.15) is 30.0 Å². The van der Waals surface area contributed by atoms with E-state index in [4.69, 9.17) is 0 Å². The lowest BCUT2D eigenvalue weighted by atomic mass is 10.1. The average Bonchev–Trinajstić information content (AvgIpc) is 3.12. The van der Waals surface area contributed by atoms with Gasteiger partial charge in [0, 0.05) is 41.9 Å². The number of aryl methyl sites for hydroxylation is 1. The number of nitrogens with zero attached hydrogens (tertiary/aromatic N) is 2. The predicted molar refractivity (Wildman–Crippen MR) is 117 cm³/mol. The summed E-state index contributed by atoms with van der Waals surface area (Å²) in [6.45, 7) is 7.66. The summed E-state index contributed by atoms with van der Waals surface area (Å²) >= 11 is 1.80. The fourth-order valence-electron chi connectivity index (χ4n) is 3.18. The van der Waals surface area contributed by atoms with Gasteiger partial charge in [0.05, 0.1) is 6.54 Å². The summed E-state index contributed by atoms with van der Waals surface area (Å²) in [5.74, 6) is 0.922. The highest BCUT2D eigenvalue weighted by Crippen LogP contribution is 2.23. The van der Waals surface area contributed by atoms with Gasteiger partial charge in [0.25, 0.3) is 0 Å². The molecule has 0 bridgehead atoms. The van der Waals surface area contributed by atoms with E-state index < -0.39 is 12.7 Å². The van der Waals surface area contributed by atoms with Crippen LogP contribution in [0.4, 0.5) is 13.2 Å². The van der Waals surface area contributed by atoms with Gasteiger partial charge in [0.15, 0.2) is 5.96 Å². The molecule has 2 atom stereocenters. The number of guanidine groups is 1. The first-order chi connectivity index (χ1) is 12.2. The molecule has 27 heavy (non-hydrogen) atoms. The van der Waals surface area contributed by atoms with Gasteiger partial charge >= 0.3 is 6.18 Å². The standard InChI is InChI=1S/C18H29F3N4S.HI/c1-4-22-17(24-13(2)9-16-6-5-14(3)26-16)23-10-15-7-8-25(11-15)12-18(19,20)21;/h5-6,13,15H,4,7-12H2,1-3H3,(H2,22,23,24);1H. The van der Waals surface area contributed by atoms with Gasteiger partial charge in [-0.15, -0.1) is 35.3 Å². The molecule has 0 saturated carbocycles. The smallest absolute Gasteiger partial charge is 0.357 e. The van der Waals surface area contributed by atoms with Crippen LogP contribution in [0.15, 0.2) is 17.1 Å². The Kier molecular flexibility index (Phi) is 10.4. The summed E-state index contributed by atoms with van der Waals surface area (Å²) in [5.41, 5.74) is 0. The van der Waals surface area contributed by atoms with Gasteiger partial charge in [-0.2, -0.15) is 13.2 Å². The summed E-state index contributed by atoms with van der Waals surface area (Å²) in [6, 6.07) is 4.51. The minimum absolute atomic E-state index is 0. The van der Waals surface area contributed by atoms with Crippen LogP contribution in [0, 0.1) is 12.8 Å². The van der Waals surface area contributed by atoms with Crippen LogP contribution in [-0.2, 0) is 6.42 Å². The van der Waals surface area contributed by atoms with Crippen molar-refractivity contribution in [2.45, 2.75) is 45.8 Å². The van der Waals surface area contributed by atoms with E-state index in [1.807, 2.05) is 6.92 Å². The molecule has 0 spiro atoms. The van der Waals surface area contributed by atoms with Gasteiger partial charge in [0.2, 0.25) is 0 Å². The van der Waals surface area contributed by atoms with Crippen molar-refractivity contribution in [2.75, 3.05) is 32.7 Å². The molecule has 0 radical (unpaired) electrons. The number of aliphatic imine (C=N–C) groups is 1. The van der Waals surface area contributed by atoms with Crippen molar-refractivity contribution in [2.24, 2.45) is 10.9 Å². The molecule has 1 aromatic heterocycles. The van der Waals surface area contributed by atoms with E-state index in [0.717, 1.165) is 25.3 Å². The molecule has 2 N–H and O–H groups in total. The number of hydrogen-bond acceptors (Lipinski definition) is 3. The second-order valence-corrected chi connectivity index (χ2v) is 8.36. The van der Waals surface area contributed by atoms with Crippen molar-refractivity contribution in [3.05, 3.63) is 21.9 Å². The summed E-state index contributed by atoms with van der Waals surface area (Å²) < 4.78 is 37.5. The number of alkyl halides is 3. The van der Waals surface area contributed by atoms with Crippen LogP contribution in [-0.4, -0.2) is 55.8 Å². The van der Waals surface area contributed by atoms with Gasteiger partial charge in [-0.3, -0.25) is 9.89 Å². The van der Waals surface area contributed by atoms with Gasteiger partial charge < -0.3 is 10.6 Å². The Bertz CT molecular complexity index is 591. The average molecular weight is 518 g/mol. The van der Waals surface area contributed by atoms with E-state index in [9.17, 15) is 13.2 Å². The van der Waals surface area contributed by atoms with Crippen LogP contribution in [0.2, 0.25) is 0 Å². The highest BCUT2D eigenvalue weighted by atomic mass is 127. The second-order valence-electron chi connectivity index (χ2n) is 6.99. The van der Waals surface area contributed by atoms with Crippen LogP contribution in [0.25, 0.3) is 0 Å². The number of thiophene rings is 1. The maximum absolute atomic E-state index is 12.5. The molecule has 9 heteroatoms. The molecule has 1 aliphatic heterocycles. The first kappa shape index (κ1) is 24.5. The molecular weight excluding hydrogens is 488 g/mol. The maximum Gasteiger partial charge on any atom is 0.401 e. The molecule has 0 aromatic carbocycles. The van der Waals surface area contributed by atoms with Crippen LogP contribution in [0.5, 0.6) is 0 Å². The summed E-state index contributed by atoms with van der Waals surface area (Å²) in [7, 11) is 0. The molecule has 1 aromatic rings. The minimum Gasteiger partial charge on any atom is -0.357 e. The first-order valence-electron chi connectivity index (χ1n) is 9.14. The Morgan fingerprint density at radius 3 is 2.74 bits per heavy atom. The SMILES string of the molecule is CCNC(=NCC1CCN(CC(F)(F)F)C1)NC(C)Cc1ccc(C)s1.I. The maximum atomic E-state index is 12.5. The van der Waals surface area contributed by atoms with Crippen molar-refractivity contribution < 1.29 is 13.2 Å². The Hall–Kier alpha value is -0.550. The molecule has 1 aliphatic rings. The van der Waals surface area contributed by atoms with Crippen LogP contribution >= 0.6 is 35.3 Å². The largest absolute Gasteiger partial charge is 0.401 e. The molecule has 2 rings (SSSR count). The molecule has 156 valence electrons. The fourth-order valence-corrected chi connectivity index (χ4v) is 4.20. The number of nitrogens with one attached hydrogen (secondary N) is 2. The van der Waals surface area contributed by atoms with Gasteiger partial charge in [-0.1, -0.05) is 0 Å². The molecular formula is C18H30F3IN4S. The third kappa shape index (κ3) is 9.47. The van der Waals surface area contributed by atoms with E-state index in [1.165, 1.54) is 14.7 Å². The van der Waals surface area contributed by atoms with Crippen molar-refractivity contribution in [1.29, 1.82) is 0 Å². The van der Waals surface area contributed by atoms with Crippen LogP contribution in [0.3, 0.4) is 0 Å². The Morgan fingerprint density at radius 1 is 1.41 bits per heavy atom. The summed E-state index contributed by atoms with van der Waals surface area (Å²) in [5, 5.41) is 6.63. The first-order valence-corrected chi connectivity index (χ1v) is 9.96. The summed E-state index contributed by atoms with van der Waals surface area (Å²) in [6.07, 6.45) is -2.43. The molecule has 4 nitrogen and oxygen atoms in total. The number of likely N-dealkylation sites (tertiary alicyclic amines) is 1. The van der Waals surface area contributed by atoms with Crippen molar-refractivity contribution in [1.82, 2.24) is 15.5 Å². The second kappa shape index (κ2) is 11.5. The van der Waals surface area contributed by atoms with Crippen molar-refractivity contribution in [3.63, 3.8) is 0 Å². The molecule has 0 aliphatic carbocycles. The topological polar surface area (TPSA) is 39.7 Å². The van der Waals surface area contributed by atoms with Crippen LogP contribution < -0.4 is 10.6 Å². The zero-order valence-electron chi connectivity index (χ0n) is 16.1. The Balaban J connectivity index is 0.00000364. The lowest BCUT2D eigenvalue weighted by molar-refractivity contribution is -0.143. The third-order valence-electron chi connectivity index (χ3n) is 4.31. The Labute approximate surface area is 181 Å².